The molecule has 1 fully saturated rings. The average molecular weight is 252 g/mol. The van der Waals surface area contributed by atoms with E-state index in [9.17, 15) is 4.39 Å². The summed E-state index contributed by atoms with van der Waals surface area (Å²) in [5.41, 5.74) is 6.53. The predicted octanol–water partition coefficient (Wildman–Crippen LogP) is 2.11. The summed E-state index contributed by atoms with van der Waals surface area (Å²) in [4.78, 5) is 7.87. The van der Waals surface area contributed by atoms with Crippen LogP contribution in [0.3, 0.4) is 0 Å². The Morgan fingerprint density at radius 2 is 2.17 bits per heavy atom. The topological polar surface area (TPSA) is 63.8 Å². The minimum absolute atomic E-state index is 0.224. The van der Waals surface area contributed by atoms with Gasteiger partial charge in [-0.2, -0.15) is 0 Å². The summed E-state index contributed by atoms with van der Waals surface area (Å²) in [7, 11) is 0. The Labute approximate surface area is 107 Å². The quantitative estimate of drug-likeness (QED) is 0.861. The fourth-order valence-corrected chi connectivity index (χ4v) is 2.49. The van der Waals surface area contributed by atoms with Crippen LogP contribution in [-0.2, 0) is 6.42 Å². The molecule has 2 atom stereocenters. The molecule has 0 spiro atoms. The molecule has 0 aromatic carbocycles. The normalized spacial score (nSPS) is 23.9. The van der Waals surface area contributed by atoms with Crippen molar-refractivity contribution in [3.63, 3.8) is 0 Å². The van der Waals surface area contributed by atoms with E-state index < -0.39 is 0 Å². The van der Waals surface area contributed by atoms with Crippen LogP contribution in [0.15, 0.2) is 6.33 Å². The number of nitrogens with zero attached hydrogens (tertiary/aromatic N) is 2. The molecule has 1 saturated carbocycles. The van der Waals surface area contributed by atoms with Crippen molar-refractivity contribution in [3.05, 3.63) is 17.8 Å². The summed E-state index contributed by atoms with van der Waals surface area (Å²) in [6, 6.07) is 0.224. The molecule has 0 saturated heterocycles. The number of rotatable bonds is 4. The van der Waals surface area contributed by atoms with Gasteiger partial charge in [0, 0.05) is 12.6 Å². The maximum Gasteiger partial charge on any atom is 0.186 e. The molecule has 5 heteroatoms. The van der Waals surface area contributed by atoms with Crippen molar-refractivity contribution >= 4 is 5.82 Å². The van der Waals surface area contributed by atoms with Crippen molar-refractivity contribution in [1.82, 2.24) is 9.97 Å². The summed E-state index contributed by atoms with van der Waals surface area (Å²) >= 11 is 0. The fraction of sp³-hybridized carbons (Fsp3) is 0.692. The molecule has 100 valence electrons. The van der Waals surface area contributed by atoms with Gasteiger partial charge in [-0.05, 0) is 25.2 Å². The minimum atomic E-state index is -0.329. The number of hydrogen-bond acceptors (Lipinski definition) is 4. The molecule has 0 aliphatic heterocycles. The van der Waals surface area contributed by atoms with E-state index in [0.717, 1.165) is 12.8 Å². The Hall–Kier alpha value is -1.23. The van der Waals surface area contributed by atoms with Gasteiger partial charge >= 0.3 is 0 Å². The molecule has 0 bridgehead atoms. The lowest BCUT2D eigenvalue weighted by atomic mass is 9.85. The first-order valence-corrected chi connectivity index (χ1v) is 6.71. The monoisotopic (exact) mass is 252 g/mol. The molecule has 18 heavy (non-hydrogen) atoms. The molecule has 1 aliphatic rings. The zero-order valence-electron chi connectivity index (χ0n) is 10.8. The molecule has 1 heterocycles. The number of halogens is 1. The van der Waals surface area contributed by atoms with E-state index in [-0.39, 0.29) is 11.9 Å². The molecule has 1 aromatic heterocycles. The number of nitrogens with two attached hydrogens (primary N) is 1. The third-order valence-corrected chi connectivity index (χ3v) is 3.70. The van der Waals surface area contributed by atoms with Gasteiger partial charge in [0.1, 0.15) is 6.33 Å². The van der Waals surface area contributed by atoms with Crippen molar-refractivity contribution in [3.8, 4) is 0 Å². The standard InChI is InChI=1S/C13H21FN4/c1-2-11-12(14)13(18-8-17-11)16-7-9-5-3-4-6-10(9)15/h8-10H,2-7,15H2,1H3,(H,16,17,18). The molecule has 0 amide bonds. The predicted molar refractivity (Wildman–Crippen MR) is 69.8 cm³/mol. The highest BCUT2D eigenvalue weighted by Gasteiger charge is 2.22. The van der Waals surface area contributed by atoms with Gasteiger partial charge in [0.05, 0.1) is 5.69 Å². The van der Waals surface area contributed by atoms with E-state index in [2.05, 4.69) is 15.3 Å². The summed E-state index contributed by atoms with van der Waals surface area (Å²) in [6.45, 7) is 2.57. The van der Waals surface area contributed by atoms with Crippen LogP contribution in [0.2, 0.25) is 0 Å². The Morgan fingerprint density at radius 1 is 1.39 bits per heavy atom. The Morgan fingerprint density at radius 3 is 2.89 bits per heavy atom. The van der Waals surface area contributed by atoms with Crippen molar-refractivity contribution in [2.75, 3.05) is 11.9 Å². The number of nitrogens with one attached hydrogen (secondary N) is 1. The van der Waals surface area contributed by atoms with Crippen LogP contribution >= 0.6 is 0 Å². The lowest BCUT2D eigenvalue weighted by Crippen LogP contribution is -2.37. The van der Waals surface area contributed by atoms with Crippen molar-refractivity contribution in [2.45, 2.75) is 45.1 Å². The van der Waals surface area contributed by atoms with E-state index in [1.54, 1.807) is 0 Å². The minimum Gasteiger partial charge on any atom is -0.367 e. The van der Waals surface area contributed by atoms with Gasteiger partial charge < -0.3 is 11.1 Å². The largest absolute Gasteiger partial charge is 0.367 e. The summed E-state index contributed by atoms with van der Waals surface area (Å²) in [5, 5.41) is 3.08. The van der Waals surface area contributed by atoms with Crippen LogP contribution in [0.4, 0.5) is 10.2 Å². The molecule has 2 rings (SSSR count). The third kappa shape index (κ3) is 2.96. The van der Waals surface area contributed by atoms with Gasteiger partial charge in [-0.15, -0.1) is 0 Å². The number of hydrogen-bond donors (Lipinski definition) is 2. The fourth-order valence-electron chi connectivity index (χ4n) is 2.49. The van der Waals surface area contributed by atoms with E-state index in [1.165, 1.54) is 19.2 Å². The smallest absolute Gasteiger partial charge is 0.186 e. The first-order chi connectivity index (χ1) is 8.72. The van der Waals surface area contributed by atoms with Gasteiger partial charge in [-0.1, -0.05) is 19.8 Å². The first kappa shape index (κ1) is 13.2. The van der Waals surface area contributed by atoms with Crippen LogP contribution in [0.1, 0.15) is 38.3 Å². The zero-order valence-corrected chi connectivity index (χ0v) is 10.8. The Bertz CT molecular complexity index is 397. The number of anilines is 1. The lowest BCUT2D eigenvalue weighted by molar-refractivity contribution is 0.321. The van der Waals surface area contributed by atoms with Crippen LogP contribution in [0, 0.1) is 11.7 Å². The number of aryl methyl sites for hydroxylation is 1. The second-order valence-corrected chi connectivity index (χ2v) is 4.93. The van der Waals surface area contributed by atoms with Crippen molar-refractivity contribution in [1.29, 1.82) is 0 Å². The summed E-state index contributed by atoms with van der Waals surface area (Å²) in [5.74, 6) is 0.391. The zero-order chi connectivity index (χ0) is 13.0. The highest BCUT2D eigenvalue weighted by Crippen LogP contribution is 2.23. The molecule has 4 nitrogen and oxygen atoms in total. The third-order valence-electron chi connectivity index (χ3n) is 3.70. The Balaban J connectivity index is 1.97. The highest BCUT2D eigenvalue weighted by molar-refractivity contribution is 5.37. The van der Waals surface area contributed by atoms with Gasteiger partial charge in [-0.3, -0.25) is 0 Å². The van der Waals surface area contributed by atoms with Crippen molar-refractivity contribution < 1.29 is 4.39 Å². The first-order valence-electron chi connectivity index (χ1n) is 6.71. The van der Waals surface area contributed by atoms with Gasteiger partial charge in [0.25, 0.3) is 0 Å². The summed E-state index contributed by atoms with van der Waals surface area (Å²) in [6.07, 6.45) is 6.59. The molecule has 2 unspecified atom stereocenters. The van der Waals surface area contributed by atoms with Crippen molar-refractivity contribution in [2.24, 2.45) is 11.7 Å². The molecular formula is C13H21FN4. The van der Waals surface area contributed by atoms with Crippen LogP contribution in [0.25, 0.3) is 0 Å². The molecule has 3 N–H and O–H groups in total. The molecule has 1 aromatic rings. The SMILES string of the molecule is CCc1ncnc(NCC2CCCCC2N)c1F. The maximum atomic E-state index is 13.9. The molecule has 1 aliphatic carbocycles. The Kier molecular flexibility index (Phi) is 4.47. The maximum absolute atomic E-state index is 13.9. The average Bonchev–Trinajstić information content (AvgIpc) is 2.39. The van der Waals surface area contributed by atoms with Gasteiger partial charge in [0.15, 0.2) is 11.6 Å². The highest BCUT2D eigenvalue weighted by atomic mass is 19.1. The molecular weight excluding hydrogens is 231 g/mol. The van der Waals surface area contributed by atoms with E-state index in [0.29, 0.717) is 30.4 Å². The van der Waals surface area contributed by atoms with Gasteiger partial charge in [-0.25, -0.2) is 14.4 Å². The van der Waals surface area contributed by atoms with E-state index >= 15 is 0 Å². The second kappa shape index (κ2) is 6.09. The van der Waals surface area contributed by atoms with Crippen LogP contribution in [0.5, 0.6) is 0 Å². The van der Waals surface area contributed by atoms with E-state index in [1.807, 2.05) is 6.92 Å². The van der Waals surface area contributed by atoms with Crippen LogP contribution < -0.4 is 11.1 Å². The number of aromatic nitrogens is 2. The van der Waals surface area contributed by atoms with Crippen LogP contribution in [-0.4, -0.2) is 22.6 Å². The second-order valence-electron chi connectivity index (χ2n) is 4.93. The van der Waals surface area contributed by atoms with E-state index in [4.69, 9.17) is 5.73 Å². The summed E-state index contributed by atoms with van der Waals surface area (Å²) < 4.78 is 13.9. The molecule has 0 radical (unpaired) electrons. The van der Waals surface area contributed by atoms with Gasteiger partial charge in [0.2, 0.25) is 0 Å². The lowest BCUT2D eigenvalue weighted by Gasteiger charge is -2.28.